The van der Waals surface area contributed by atoms with Crippen molar-refractivity contribution in [2.45, 2.75) is 45.5 Å². The summed E-state index contributed by atoms with van der Waals surface area (Å²) in [5.41, 5.74) is 5.27. The van der Waals surface area contributed by atoms with Crippen molar-refractivity contribution in [3.05, 3.63) is 0 Å². The molecular weight excluding hydrogens is 223 g/mol. The minimum absolute atomic E-state index is 0.0691. The fraction of sp³-hybridized carbons (Fsp3) is 0.889. The Morgan fingerprint density at radius 2 is 1.88 bits per heavy atom. The molecule has 0 fully saturated rings. The molecular formula is C9H18F3N3O. The van der Waals surface area contributed by atoms with Gasteiger partial charge < -0.3 is 10.9 Å². The first-order valence-corrected chi connectivity index (χ1v) is 4.96. The highest BCUT2D eigenvalue weighted by Gasteiger charge is 2.34. The van der Waals surface area contributed by atoms with Crippen molar-refractivity contribution in [3.63, 3.8) is 0 Å². The molecule has 4 nitrogen and oxygen atoms in total. The van der Waals surface area contributed by atoms with Gasteiger partial charge >= 0.3 is 6.18 Å². The van der Waals surface area contributed by atoms with Gasteiger partial charge in [0.1, 0.15) is 5.84 Å². The summed E-state index contributed by atoms with van der Waals surface area (Å²) in [4.78, 5) is 1.26. The standard InChI is InChI=1S/C9H18F3N3O/c1-6(2)15(5-9(10,11)12)7(3)4-8(13)14-16/h6-7,16H,4-5H2,1-3H3,(H2,13,14). The van der Waals surface area contributed by atoms with Crippen LogP contribution in [0.15, 0.2) is 5.16 Å². The summed E-state index contributed by atoms with van der Waals surface area (Å²) in [5.74, 6) is -0.0691. The van der Waals surface area contributed by atoms with Gasteiger partial charge in [0.05, 0.1) is 6.54 Å². The van der Waals surface area contributed by atoms with E-state index in [1.807, 2.05) is 0 Å². The van der Waals surface area contributed by atoms with E-state index in [1.165, 1.54) is 4.90 Å². The molecule has 0 amide bonds. The molecule has 0 bridgehead atoms. The average molecular weight is 241 g/mol. The first-order chi connectivity index (χ1) is 7.17. The summed E-state index contributed by atoms with van der Waals surface area (Å²) in [6.45, 7) is 3.97. The molecule has 0 aliphatic heterocycles. The van der Waals surface area contributed by atoms with Crippen LogP contribution in [0.2, 0.25) is 0 Å². The van der Waals surface area contributed by atoms with Crippen molar-refractivity contribution in [2.75, 3.05) is 6.54 Å². The van der Waals surface area contributed by atoms with Gasteiger partial charge in [0, 0.05) is 18.5 Å². The second kappa shape index (κ2) is 5.93. The third-order valence-corrected chi connectivity index (χ3v) is 2.22. The van der Waals surface area contributed by atoms with E-state index in [4.69, 9.17) is 10.9 Å². The Morgan fingerprint density at radius 3 is 2.19 bits per heavy atom. The van der Waals surface area contributed by atoms with Gasteiger partial charge in [0.25, 0.3) is 0 Å². The fourth-order valence-corrected chi connectivity index (χ4v) is 1.52. The number of hydrogen-bond acceptors (Lipinski definition) is 3. The number of hydrogen-bond donors (Lipinski definition) is 2. The van der Waals surface area contributed by atoms with E-state index in [0.29, 0.717) is 0 Å². The molecule has 0 aromatic rings. The number of alkyl halides is 3. The molecule has 96 valence electrons. The molecule has 0 rings (SSSR count). The SMILES string of the molecule is CC(C)N(CC(F)(F)F)C(C)CC(N)=NO. The normalized spacial score (nSPS) is 15.9. The fourth-order valence-electron chi connectivity index (χ4n) is 1.52. The Balaban J connectivity index is 4.54. The first-order valence-electron chi connectivity index (χ1n) is 4.96. The van der Waals surface area contributed by atoms with E-state index >= 15 is 0 Å². The van der Waals surface area contributed by atoms with E-state index < -0.39 is 18.8 Å². The Hall–Kier alpha value is -0.980. The van der Waals surface area contributed by atoms with Crippen molar-refractivity contribution in [1.82, 2.24) is 4.90 Å². The predicted octanol–water partition coefficient (Wildman–Crippen LogP) is 1.78. The molecule has 0 saturated carbocycles. The minimum atomic E-state index is -4.25. The number of oxime groups is 1. The maximum Gasteiger partial charge on any atom is 0.401 e. The van der Waals surface area contributed by atoms with Crippen molar-refractivity contribution in [3.8, 4) is 0 Å². The van der Waals surface area contributed by atoms with Crippen LogP contribution in [0.4, 0.5) is 13.2 Å². The number of amidine groups is 1. The van der Waals surface area contributed by atoms with Gasteiger partial charge in [-0.2, -0.15) is 13.2 Å². The van der Waals surface area contributed by atoms with Crippen LogP contribution >= 0.6 is 0 Å². The average Bonchev–Trinajstić information content (AvgIpc) is 2.12. The second-order valence-corrected chi connectivity index (χ2v) is 4.03. The number of halogens is 3. The molecule has 0 radical (unpaired) electrons. The Kier molecular flexibility index (Phi) is 5.57. The molecule has 0 aliphatic carbocycles. The molecule has 0 aromatic carbocycles. The van der Waals surface area contributed by atoms with Gasteiger partial charge in [0.15, 0.2) is 0 Å². The first kappa shape index (κ1) is 15.0. The largest absolute Gasteiger partial charge is 0.409 e. The lowest BCUT2D eigenvalue weighted by Gasteiger charge is -2.33. The van der Waals surface area contributed by atoms with Gasteiger partial charge in [-0.05, 0) is 20.8 Å². The van der Waals surface area contributed by atoms with Crippen LogP contribution in [0.3, 0.4) is 0 Å². The van der Waals surface area contributed by atoms with Crippen LogP contribution < -0.4 is 5.73 Å². The number of nitrogens with zero attached hydrogens (tertiary/aromatic N) is 2. The molecule has 0 aliphatic rings. The van der Waals surface area contributed by atoms with Crippen LogP contribution in [0.5, 0.6) is 0 Å². The molecule has 0 spiro atoms. The molecule has 1 unspecified atom stereocenters. The van der Waals surface area contributed by atoms with E-state index in [1.54, 1.807) is 20.8 Å². The van der Waals surface area contributed by atoms with E-state index in [-0.39, 0.29) is 18.3 Å². The molecule has 7 heteroatoms. The minimum Gasteiger partial charge on any atom is -0.409 e. The molecule has 16 heavy (non-hydrogen) atoms. The van der Waals surface area contributed by atoms with Crippen molar-refractivity contribution in [2.24, 2.45) is 10.9 Å². The quantitative estimate of drug-likeness (QED) is 0.334. The molecule has 0 heterocycles. The molecule has 1 atom stereocenters. The van der Waals surface area contributed by atoms with Crippen molar-refractivity contribution < 1.29 is 18.4 Å². The maximum atomic E-state index is 12.3. The number of rotatable bonds is 5. The lowest BCUT2D eigenvalue weighted by atomic mass is 10.1. The van der Waals surface area contributed by atoms with Gasteiger partial charge in [-0.25, -0.2) is 0 Å². The summed E-state index contributed by atoms with van der Waals surface area (Å²) in [6, 6.07) is -0.694. The zero-order valence-electron chi connectivity index (χ0n) is 9.62. The molecule has 0 saturated heterocycles. The summed E-state index contributed by atoms with van der Waals surface area (Å²) in [5, 5.41) is 11.1. The topological polar surface area (TPSA) is 61.8 Å². The zero-order valence-corrected chi connectivity index (χ0v) is 9.62. The third kappa shape index (κ3) is 5.79. The summed E-state index contributed by atoms with van der Waals surface area (Å²) < 4.78 is 36.9. The highest BCUT2D eigenvalue weighted by atomic mass is 19.4. The van der Waals surface area contributed by atoms with E-state index in [9.17, 15) is 13.2 Å². The van der Waals surface area contributed by atoms with Crippen LogP contribution in [0, 0.1) is 0 Å². The summed E-state index contributed by atoms with van der Waals surface area (Å²) >= 11 is 0. The van der Waals surface area contributed by atoms with Crippen LogP contribution in [0.25, 0.3) is 0 Å². The highest BCUT2D eigenvalue weighted by molar-refractivity contribution is 5.80. The van der Waals surface area contributed by atoms with E-state index in [0.717, 1.165) is 0 Å². The molecule has 3 N–H and O–H groups in total. The van der Waals surface area contributed by atoms with Crippen LogP contribution in [-0.2, 0) is 0 Å². The lowest BCUT2D eigenvalue weighted by Crippen LogP contribution is -2.46. The predicted molar refractivity (Wildman–Crippen MR) is 55.4 cm³/mol. The highest BCUT2D eigenvalue weighted by Crippen LogP contribution is 2.20. The zero-order chi connectivity index (χ0) is 12.9. The van der Waals surface area contributed by atoms with Gasteiger partial charge in [-0.1, -0.05) is 5.16 Å². The number of nitrogens with two attached hydrogens (primary N) is 1. The van der Waals surface area contributed by atoms with Crippen molar-refractivity contribution >= 4 is 5.84 Å². The summed E-state index contributed by atoms with van der Waals surface area (Å²) in [6.07, 6.45) is -4.14. The van der Waals surface area contributed by atoms with Gasteiger partial charge in [0.2, 0.25) is 0 Å². The van der Waals surface area contributed by atoms with Crippen molar-refractivity contribution in [1.29, 1.82) is 0 Å². The Morgan fingerprint density at radius 1 is 1.38 bits per heavy atom. The van der Waals surface area contributed by atoms with E-state index in [2.05, 4.69) is 5.16 Å². The third-order valence-electron chi connectivity index (χ3n) is 2.22. The Bertz CT molecular complexity index is 241. The summed E-state index contributed by atoms with van der Waals surface area (Å²) in [7, 11) is 0. The van der Waals surface area contributed by atoms with Gasteiger partial charge in [-0.15, -0.1) is 0 Å². The maximum absolute atomic E-state index is 12.3. The van der Waals surface area contributed by atoms with Gasteiger partial charge in [-0.3, -0.25) is 4.90 Å². The molecule has 0 aromatic heterocycles. The smallest absolute Gasteiger partial charge is 0.401 e. The van der Waals surface area contributed by atoms with Crippen LogP contribution in [-0.4, -0.2) is 40.7 Å². The Labute approximate surface area is 92.9 Å². The van der Waals surface area contributed by atoms with Crippen LogP contribution in [0.1, 0.15) is 27.2 Å². The lowest BCUT2D eigenvalue weighted by molar-refractivity contribution is -0.154. The second-order valence-electron chi connectivity index (χ2n) is 4.03. The monoisotopic (exact) mass is 241 g/mol.